The summed E-state index contributed by atoms with van der Waals surface area (Å²) in [4.78, 5) is 48.1. The smallest absolute Gasteiger partial charge is 0.387 e. The van der Waals surface area contributed by atoms with Crippen LogP contribution < -0.4 is 40.9 Å². The van der Waals surface area contributed by atoms with Crippen LogP contribution in [0.4, 0.5) is 5.95 Å². The summed E-state index contributed by atoms with van der Waals surface area (Å²) in [5.41, 5.74) is 4.65. The summed E-state index contributed by atoms with van der Waals surface area (Å²) in [5.74, 6) is -0.233. The zero-order valence-corrected chi connectivity index (χ0v) is 18.4. The summed E-state index contributed by atoms with van der Waals surface area (Å²) < 4.78 is 36.6. The molecule has 19 heteroatoms. The van der Waals surface area contributed by atoms with Crippen LogP contribution in [-0.4, -0.2) is 69.3 Å². The molecule has 0 saturated carbocycles. The Morgan fingerprint density at radius 3 is 2.55 bits per heavy atom. The molecule has 2 aromatic rings. The summed E-state index contributed by atoms with van der Waals surface area (Å²) in [6, 6.07) is 0. The second kappa shape index (κ2) is 8.80. The topological polar surface area (TPSA) is 253 Å². The van der Waals surface area contributed by atoms with E-state index in [9.17, 15) is 29.0 Å². The number of aromatic nitrogens is 4. The average molecular weight is 466 g/mol. The van der Waals surface area contributed by atoms with Crippen molar-refractivity contribution in [2.75, 3.05) is 12.3 Å². The van der Waals surface area contributed by atoms with Crippen LogP contribution in [0.3, 0.4) is 0 Å². The predicted octanol–water partition coefficient (Wildman–Crippen LogP) is -5.45. The number of phosphoric acid groups is 2. The predicted molar refractivity (Wildman–Crippen MR) is 87.4 cm³/mol. The number of aromatic amines is 1. The molecule has 0 aromatic carbocycles. The van der Waals surface area contributed by atoms with Crippen LogP contribution >= 0.6 is 15.6 Å². The third kappa shape index (κ3) is 5.51. The van der Waals surface area contributed by atoms with Crippen molar-refractivity contribution in [3.8, 4) is 0 Å². The van der Waals surface area contributed by atoms with Crippen molar-refractivity contribution in [1.82, 2.24) is 19.5 Å². The molecule has 16 nitrogen and oxygen atoms in total. The first-order valence-corrected chi connectivity index (χ1v) is 10.4. The molecule has 0 aliphatic carbocycles. The quantitative estimate of drug-likeness (QED) is 0.155. The molecule has 0 amide bonds. The molecule has 1 aliphatic rings. The van der Waals surface area contributed by atoms with Gasteiger partial charge in [-0.2, -0.15) is 9.29 Å². The monoisotopic (exact) mass is 466 g/mol. The Morgan fingerprint density at radius 2 is 1.93 bits per heavy atom. The Hall–Kier alpha value is -0.710. The van der Waals surface area contributed by atoms with Gasteiger partial charge < -0.3 is 35.4 Å². The van der Waals surface area contributed by atoms with Crippen LogP contribution in [0, 0.1) is 0 Å². The first kappa shape index (κ1) is 24.6. The van der Waals surface area contributed by atoms with Gasteiger partial charge in [-0.1, -0.05) is 0 Å². The number of hydrogen-bond acceptors (Lipinski definition) is 11. The van der Waals surface area contributed by atoms with Crippen LogP contribution in [0.15, 0.2) is 11.1 Å². The number of ether oxygens (including phenoxy) is 1. The summed E-state index contributed by atoms with van der Waals surface area (Å²) >= 11 is 0. The molecule has 1 saturated heterocycles. The maximum absolute atomic E-state index is 11.8. The Bertz CT molecular complexity index is 1040. The Balaban J connectivity index is 0.00000300. The zero-order chi connectivity index (χ0) is 20.9. The minimum Gasteiger partial charge on any atom is -0.387 e. The number of phosphoric ester groups is 1. The number of nitrogens with zero attached hydrogens (tertiary/aromatic N) is 3. The summed E-state index contributed by atoms with van der Waals surface area (Å²) in [5, 5.41) is 20.3. The van der Waals surface area contributed by atoms with Crippen molar-refractivity contribution in [3.63, 3.8) is 0 Å². The zero-order valence-electron chi connectivity index (χ0n) is 14.6. The van der Waals surface area contributed by atoms with Crippen molar-refractivity contribution >= 4 is 32.8 Å². The molecule has 1 unspecified atom stereocenters. The Labute approximate surface area is 182 Å². The molecule has 0 bridgehead atoms. The Kier molecular flexibility index (Phi) is 7.45. The van der Waals surface area contributed by atoms with E-state index in [2.05, 4.69) is 23.8 Å². The number of nitrogens with two attached hydrogens (primary N) is 1. The molecule has 3 rings (SSSR count). The maximum atomic E-state index is 11.8. The van der Waals surface area contributed by atoms with Crippen LogP contribution in [0.5, 0.6) is 0 Å². The van der Waals surface area contributed by atoms with Gasteiger partial charge >= 0.3 is 45.2 Å². The van der Waals surface area contributed by atoms with Gasteiger partial charge in [0.2, 0.25) is 5.95 Å². The van der Waals surface area contributed by atoms with E-state index in [1.807, 2.05) is 0 Å². The fraction of sp³-hybridized carbons (Fsp3) is 0.500. The molecular weight excluding hydrogens is 451 g/mol. The number of rotatable bonds is 6. The molecule has 0 spiro atoms. The van der Waals surface area contributed by atoms with Gasteiger partial charge in [-0.3, -0.25) is 18.9 Å². The number of aliphatic hydroxyl groups is 2. The molecule has 1 aliphatic heterocycles. The van der Waals surface area contributed by atoms with Crippen LogP contribution in [0.1, 0.15) is 6.23 Å². The number of imidazole rings is 1. The summed E-state index contributed by atoms with van der Waals surface area (Å²) in [7, 11) is -10.5. The third-order valence-electron chi connectivity index (χ3n) is 3.67. The van der Waals surface area contributed by atoms with Gasteiger partial charge in [0.05, 0.1) is 12.9 Å². The first-order chi connectivity index (χ1) is 12.9. The van der Waals surface area contributed by atoms with Crippen LogP contribution in [0.25, 0.3) is 11.2 Å². The van der Waals surface area contributed by atoms with E-state index >= 15 is 0 Å². The number of hydrogen-bond donors (Lipinski definition) is 7. The molecule has 2 aromatic heterocycles. The van der Waals surface area contributed by atoms with Gasteiger partial charge in [-0.25, -0.2) is 14.1 Å². The van der Waals surface area contributed by atoms with Gasteiger partial charge in [0.25, 0.3) is 5.56 Å². The number of fused-ring (bicyclic) bond motifs is 1. The fourth-order valence-corrected chi connectivity index (χ4v) is 4.15. The molecule has 29 heavy (non-hydrogen) atoms. The van der Waals surface area contributed by atoms with Gasteiger partial charge in [0.15, 0.2) is 17.4 Å². The second-order valence-electron chi connectivity index (χ2n) is 5.66. The van der Waals surface area contributed by atoms with E-state index in [1.54, 1.807) is 0 Å². The van der Waals surface area contributed by atoms with Gasteiger partial charge in [0, 0.05) is 0 Å². The van der Waals surface area contributed by atoms with E-state index in [0.29, 0.717) is 0 Å². The standard InChI is InChI=1S/C10H15N5O11P2.Na/c11-10-13-7-4(8(18)14-10)12-2-15(7)9-6(17)5(16)3(25-9)1-24-28(22,23)26-27(19,20)21;/h2-3,5-6,9,16-17H,1H2,(H,22,23)(H2,19,20,21)(H3,11,13,14,18);/q;+1/t3-,5-,6-,9-;/m0./s1. The number of H-pyrrole nitrogens is 1. The average Bonchev–Trinajstić information content (AvgIpc) is 3.06. The number of nitrogen functional groups attached to an aromatic ring is 1. The van der Waals surface area contributed by atoms with Crippen LogP contribution in [0.2, 0.25) is 0 Å². The van der Waals surface area contributed by atoms with E-state index in [1.165, 1.54) is 0 Å². The molecule has 8 N–H and O–H groups in total. The second-order valence-corrected chi connectivity index (χ2v) is 8.49. The van der Waals surface area contributed by atoms with Gasteiger partial charge in [-0.05, 0) is 0 Å². The van der Waals surface area contributed by atoms with E-state index in [-0.39, 0.29) is 46.7 Å². The van der Waals surface area contributed by atoms with Crippen molar-refractivity contribution in [2.45, 2.75) is 24.5 Å². The normalized spacial score (nSPS) is 26.9. The summed E-state index contributed by atoms with van der Waals surface area (Å²) in [6.07, 6.45) is -4.88. The SMILES string of the molecule is Nc1nc2c(ncn2[C@H]2O[C@@H](COP(=O)(O)OP(=O)(O)O)[C@H](O)[C@@H]2O)c(=O)[nH]1.[Na+]. The number of aliphatic hydroxyl groups excluding tert-OH is 2. The number of nitrogens with one attached hydrogen (secondary N) is 1. The molecule has 156 valence electrons. The van der Waals surface area contributed by atoms with Crippen molar-refractivity contribution in [1.29, 1.82) is 0 Å². The van der Waals surface area contributed by atoms with Gasteiger partial charge in [0.1, 0.15) is 18.3 Å². The van der Waals surface area contributed by atoms with Crippen LogP contribution in [-0.2, 0) is 22.7 Å². The molecule has 3 heterocycles. The first-order valence-electron chi connectivity index (χ1n) is 7.36. The minimum atomic E-state index is -5.32. The van der Waals surface area contributed by atoms with Gasteiger partial charge in [-0.15, -0.1) is 0 Å². The Morgan fingerprint density at radius 1 is 1.28 bits per heavy atom. The maximum Gasteiger partial charge on any atom is 1.00 e. The summed E-state index contributed by atoms with van der Waals surface area (Å²) in [6.45, 7) is -0.870. The molecule has 5 atom stereocenters. The largest absolute Gasteiger partial charge is 1.00 e. The number of anilines is 1. The molecular formula is C10H15N5NaO11P2+. The van der Waals surface area contributed by atoms with Crippen molar-refractivity contribution in [3.05, 3.63) is 16.7 Å². The third-order valence-corrected chi connectivity index (χ3v) is 5.83. The van der Waals surface area contributed by atoms with Crippen molar-refractivity contribution < 1.29 is 77.2 Å². The van der Waals surface area contributed by atoms with Crippen molar-refractivity contribution in [2.24, 2.45) is 0 Å². The van der Waals surface area contributed by atoms with E-state index in [4.69, 9.17) is 20.3 Å². The molecule has 0 radical (unpaired) electrons. The molecule has 1 fully saturated rings. The van der Waals surface area contributed by atoms with E-state index < -0.39 is 52.4 Å². The minimum absolute atomic E-state index is 0. The van der Waals surface area contributed by atoms with E-state index in [0.717, 1.165) is 10.9 Å². The fourth-order valence-electron chi connectivity index (χ4n) is 2.55.